The number of rotatable bonds is 2. The first-order chi connectivity index (χ1) is 6.77. The van der Waals surface area contributed by atoms with E-state index in [1.165, 1.54) is 15.6 Å². The van der Waals surface area contributed by atoms with Crippen LogP contribution < -0.4 is 0 Å². The molecule has 0 aliphatic heterocycles. The summed E-state index contributed by atoms with van der Waals surface area (Å²) in [6.07, 6.45) is 2.05. The summed E-state index contributed by atoms with van der Waals surface area (Å²) in [7, 11) is 0. The predicted molar refractivity (Wildman–Crippen MR) is 71.2 cm³/mol. The van der Waals surface area contributed by atoms with Gasteiger partial charge in [-0.15, -0.1) is 23.1 Å². The highest BCUT2D eigenvalue weighted by Crippen LogP contribution is 2.38. The minimum Gasteiger partial charge on any atom is -0.142 e. The van der Waals surface area contributed by atoms with Crippen LogP contribution in [0.25, 0.3) is 10.1 Å². The largest absolute Gasteiger partial charge is 0.142 e. The predicted octanol–water partition coefficient (Wildman–Crippen LogP) is 5.17. The van der Waals surface area contributed by atoms with Crippen LogP contribution in [0.3, 0.4) is 0 Å². The SMILES string of the molecule is CSc1cc(CBr)c2ccsc2c1Cl. The van der Waals surface area contributed by atoms with Crippen LogP contribution in [0, 0.1) is 0 Å². The zero-order chi connectivity index (χ0) is 10.1. The van der Waals surface area contributed by atoms with E-state index in [9.17, 15) is 0 Å². The van der Waals surface area contributed by atoms with Crippen molar-refractivity contribution in [1.29, 1.82) is 0 Å². The molecular weight excluding hydrogens is 300 g/mol. The Kier molecular flexibility index (Phi) is 3.42. The fraction of sp³-hybridized carbons (Fsp3) is 0.200. The van der Waals surface area contributed by atoms with Crippen LogP contribution in [-0.4, -0.2) is 6.26 Å². The maximum Gasteiger partial charge on any atom is 0.0720 e. The van der Waals surface area contributed by atoms with Gasteiger partial charge in [0.25, 0.3) is 0 Å². The number of alkyl halides is 1. The van der Waals surface area contributed by atoms with Crippen molar-refractivity contribution in [3.05, 3.63) is 28.1 Å². The minimum atomic E-state index is 0.880. The topological polar surface area (TPSA) is 0 Å². The molecule has 0 unspecified atom stereocenters. The second-order valence-electron chi connectivity index (χ2n) is 2.85. The molecule has 14 heavy (non-hydrogen) atoms. The molecular formula is C10H8BrClS2. The molecule has 74 valence electrons. The molecule has 0 aliphatic rings. The highest BCUT2D eigenvalue weighted by atomic mass is 79.9. The lowest BCUT2D eigenvalue weighted by atomic mass is 10.1. The number of hydrogen-bond donors (Lipinski definition) is 0. The van der Waals surface area contributed by atoms with Gasteiger partial charge in [-0.2, -0.15) is 0 Å². The van der Waals surface area contributed by atoms with E-state index < -0.39 is 0 Å². The van der Waals surface area contributed by atoms with Gasteiger partial charge in [-0.05, 0) is 34.7 Å². The maximum atomic E-state index is 6.29. The lowest BCUT2D eigenvalue weighted by molar-refractivity contribution is 1.40. The van der Waals surface area contributed by atoms with Gasteiger partial charge in [0.15, 0.2) is 0 Å². The Balaban J connectivity index is 2.80. The standard InChI is InChI=1S/C10H8BrClS2/c1-13-8-4-6(5-11)7-2-3-14-10(7)9(8)12/h2-4H,5H2,1H3. The van der Waals surface area contributed by atoms with Crippen LogP contribution in [0.5, 0.6) is 0 Å². The van der Waals surface area contributed by atoms with Crippen molar-refractivity contribution in [1.82, 2.24) is 0 Å². The lowest BCUT2D eigenvalue weighted by Gasteiger charge is -2.05. The summed E-state index contributed by atoms with van der Waals surface area (Å²) in [6.45, 7) is 0. The van der Waals surface area contributed by atoms with Crippen LogP contribution in [0.2, 0.25) is 5.02 Å². The first-order valence-electron chi connectivity index (χ1n) is 4.06. The third kappa shape index (κ3) is 1.71. The summed E-state index contributed by atoms with van der Waals surface area (Å²) in [5, 5.41) is 5.14. The molecule has 0 atom stereocenters. The van der Waals surface area contributed by atoms with E-state index in [0.717, 1.165) is 15.2 Å². The molecule has 0 nitrogen and oxygen atoms in total. The Labute approximate surface area is 105 Å². The van der Waals surface area contributed by atoms with Crippen molar-refractivity contribution < 1.29 is 0 Å². The Morgan fingerprint density at radius 2 is 2.36 bits per heavy atom. The van der Waals surface area contributed by atoms with Crippen LogP contribution in [-0.2, 0) is 5.33 Å². The van der Waals surface area contributed by atoms with Crippen molar-refractivity contribution in [3.8, 4) is 0 Å². The summed E-state index contributed by atoms with van der Waals surface area (Å²) < 4.78 is 1.20. The molecule has 0 aliphatic carbocycles. The van der Waals surface area contributed by atoms with E-state index in [1.807, 2.05) is 0 Å². The van der Waals surface area contributed by atoms with Gasteiger partial charge in [-0.25, -0.2) is 0 Å². The number of benzene rings is 1. The van der Waals surface area contributed by atoms with Gasteiger partial charge in [0.05, 0.1) is 9.72 Å². The average Bonchev–Trinajstić information content (AvgIpc) is 2.68. The van der Waals surface area contributed by atoms with E-state index >= 15 is 0 Å². The molecule has 0 radical (unpaired) electrons. The Morgan fingerprint density at radius 3 is 3.00 bits per heavy atom. The van der Waals surface area contributed by atoms with Crippen LogP contribution in [0.4, 0.5) is 0 Å². The Bertz CT molecular complexity index is 464. The lowest BCUT2D eigenvalue weighted by Crippen LogP contribution is -1.82. The first kappa shape index (κ1) is 10.8. The fourth-order valence-electron chi connectivity index (χ4n) is 1.40. The second-order valence-corrected chi connectivity index (χ2v) is 5.55. The van der Waals surface area contributed by atoms with Gasteiger partial charge in [0, 0.05) is 10.2 Å². The quantitative estimate of drug-likeness (QED) is 0.545. The summed E-state index contributed by atoms with van der Waals surface area (Å²) in [6, 6.07) is 4.30. The van der Waals surface area contributed by atoms with Gasteiger partial charge in [0.1, 0.15) is 0 Å². The van der Waals surface area contributed by atoms with E-state index in [4.69, 9.17) is 11.6 Å². The molecule has 2 rings (SSSR count). The van der Waals surface area contributed by atoms with E-state index in [0.29, 0.717) is 0 Å². The van der Waals surface area contributed by atoms with E-state index in [1.54, 1.807) is 23.1 Å². The molecule has 0 amide bonds. The number of thioether (sulfide) groups is 1. The van der Waals surface area contributed by atoms with Crippen molar-refractivity contribution >= 4 is 60.7 Å². The summed E-state index contributed by atoms with van der Waals surface area (Å²) in [4.78, 5) is 1.16. The molecule has 1 heterocycles. The molecule has 0 fully saturated rings. The third-order valence-corrected chi connectivity index (χ3v) is 5.01. The van der Waals surface area contributed by atoms with E-state index in [-0.39, 0.29) is 0 Å². The van der Waals surface area contributed by atoms with Crippen molar-refractivity contribution in [3.63, 3.8) is 0 Å². The molecule has 1 aromatic heterocycles. The highest BCUT2D eigenvalue weighted by Gasteiger charge is 2.10. The smallest absolute Gasteiger partial charge is 0.0720 e. The first-order valence-corrected chi connectivity index (χ1v) is 7.67. The normalized spacial score (nSPS) is 11.1. The van der Waals surface area contributed by atoms with Gasteiger partial charge >= 0.3 is 0 Å². The van der Waals surface area contributed by atoms with Crippen molar-refractivity contribution in [2.75, 3.05) is 6.26 Å². The van der Waals surface area contributed by atoms with Crippen LogP contribution in [0.15, 0.2) is 22.4 Å². The molecule has 0 saturated carbocycles. The summed E-state index contributed by atoms with van der Waals surface area (Å²) >= 11 is 13.2. The number of thiophene rings is 1. The fourth-order valence-corrected chi connectivity index (χ4v) is 3.87. The average molecular weight is 308 g/mol. The molecule has 0 spiro atoms. The van der Waals surface area contributed by atoms with Crippen molar-refractivity contribution in [2.45, 2.75) is 10.2 Å². The molecule has 2 aromatic rings. The van der Waals surface area contributed by atoms with Crippen LogP contribution in [0.1, 0.15) is 5.56 Å². The van der Waals surface area contributed by atoms with Gasteiger partial charge in [0.2, 0.25) is 0 Å². The second kappa shape index (κ2) is 4.44. The molecule has 0 saturated heterocycles. The summed E-state index contributed by atoms with van der Waals surface area (Å²) in [5.41, 5.74) is 1.31. The molecule has 0 bridgehead atoms. The zero-order valence-corrected chi connectivity index (χ0v) is 11.5. The molecule has 0 N–H and O–H groups in total. The van der Waals surface area contributed by atoms with Crippen LogP contribution >= 0.6 is 50.6 Å². The summed E-state index contributed by atoms with van der Waals surface area (Å²) in [5.74, 6) is 0. The number of fused-ring (bicyclic) bond motifs is 1. The van der Waals surface area contributed by atoms with Gasteiger partial charge in [-0.1, -0.05) is 27.5 Å². The number of halogens is 2. The van der Waals surface area contributed by atoms with Crippen molar-refractivity contribution in [2.24, 2.45) is 0 Å². The third-order valence-electron chi connectivity index (χ3n) is 2.10. The zero-order valence-electron chi connectivity index (χ0n) is 7.51. The molecule has 1 aromatic carbocycles. The Morgan fingerprint density at radius 1 is 1.57 bits per heavy atom. The van der Waals surface area contributed by atoms with Gasteiger partial charge in [-0.3, -0.25) is 0 Å². The number of hydrogen-bond acceptors (Lipinski definition) is 2. The van der Waals surface area contributed by atoms with E-state index in [2.05, 4.69) is 39.7 Å². The molecule has 4 heteroatoms. The van der Waals surface area contributed by atoms with Gasteiger partial charge < -0.3 is 0 Å². The maximum absolute atomic E-state index is 6.29. The monoisotopic (exact) mass is 306 g/mol. The Hall–Kier alpha value is 0.300. The minimum absolute atomic E-state index is 0.880. The highest BCUT2D eigenvalue weighted by molar-refractivity contribution is 9.08.